The van der Waals surface area contributed by atoms with E-state index >= 15 is 0 Å². The zero-order valence-electron chi connectivity index (χ0n) is 12.3. The summed E-state index contributed by atoms with van der Waals surface area (Å²) >= 11 is 0. The van der Waals surface area contributed by atoms with Crippen molar-refractivity contribution in [3.63, 3.8) is 0 Å². The van der Waals surface area contributed by atoms with Crippen molar-refractivity contribution in [2.45, 2.75) is 46.5 Å². The van der Waals surface area contributed by atoms with Crippen LogP contribution in [0.3, 0.4) is 0 Å². The molecule has 0 saturated heterocycles. The molecule has 0 heterocycles. The van der Waals surface area contributed by atoms with Gasteiger partial charge in [0.15, 0.2) is 0 Å². The molecule has 0 atom stereocenters. The molecule has 4 heteroatoms. The molecule has 110 valence electrons. The summed E-state index contributed by atoms with van der Waals surface area (Å²) in [7, 11) is -4.21. The molecule has 1 aromatic carbocycles. The molecule has 0 aliphatic rings. The van der Waals surface area contributed by atoms with Gasteiger partial charge < -0.3 is 0 Å². The molecule has 0 amide bonds. The zero-order valence-corrected chi connectivity index (χ0v) is 13.2. The summed E-state index contributed by atoms with van der Waals surface area (Å²) in [4.78, 5) is 21.9. The standard InChI is InChI=1S/C15H27O3P/c1-4-6-12-18-19(16,17,13-7-5-2)15-11-9-8-10-14(15)3/h8-11,16-17H,4-7,12-13H2,1-3H3. The van der Waals surface area contributed by atoms with Crippen molar-refractivity contribution < 1.29 is 14.3 Å². The van der Waals surface area contributed by atoms with Crippen LogP contribution in [0, 0.1) is 6.92 Å². The Labute approximate surface area is 116 Å². The van der Waals surface area contributed by atoms with E-state index in [0.717, 1.165) is 31.2 Å². The summed E-state index contributed by atoms with van der Waals surface area (Å²) in [5.41, 5.74) is 0.887. The van der Waals surface area contributed by atoms with Crippen LogP contribution in [-0.4, -0.2) is 22.6 Å². The minimum atomic E-state index is -4.21. The molecule has 0 saturated carbocycles. The van der Waals surface area contributed by atoms with Crippen LogP contribution in [0.2, 0.25) is 0 Å². The van der Waals surface area contributed by atoms with Crippen LogP contribution in [0.5, 0.6) is 0 Å². The average Bonchev–Trinajstić information content (AvgIpc) is 2.37. The predicted octanol–water partition coefficient (Wildman–Crippen LogP) is 3.52. The number of hydrogen-bond acceptors (Lipinski definition) is 3. The number of hydrogen-bond donors (Lipinski definition) is 2. The van der Waals surface area contributed by atoms with Crippen molar-refractivity contribution in [1.29, 1.82) is 0 Å². The number of benzene rings is 1. The molecule has 3 nitrogen and oxygen atoms in total. The van der Waals surface area contributed by atoms with Crippen molar-refractivity contribution in [3.05, 3.63) is 29.8 Å². The zero-order chi connectivity index (χ0) is 14.4. The fourth-order valence-electron chi connectivity index (χ4n) is 2.17. The molecular weight excluding hydrogens is 259 g/mol. The van der Waals surface area contributed by atoms with Crippen molar-refractivity contribution in [2.75, 3.05) is 12.8 Å². The average molecular weight is 286 g/mol. The first-order valence-corrected chi connectivity index (χ1v) is 9.40. The van der Waals surface area contributed by atoms with Gasteiger partial charge in [-0.3, -0.25) is 0 Å². The molecular formula is C15H27O3P. The summed E-state index contributed by atoms with van der Waals surface area (Å²) in [5.74, 6) is 0. The van der Waals surface area contributed by atoms with Gasteiger partial charge in [0.1, 0.15) is 0 Å². The van der Waals surface area contributed by atoms with Crippen LogP contribution in [0.25, 0.3) is 0 Å². The third-order valence-corrected chi connectivity index (χ3v) is 6.69. The predicted molar refractivity (Wildman–Crippen MR) is 82.8 cm³/mol. The normalized spacial score (nSPS) is 14.1. The molecule has 19 heavy (non-hydrogen) atoms. The van der Waals surface area contributed by atoms with E-state index in [2.05, 4.69) is 6.92 Å². The van der Waals surface area contributed by atoms with E-state index in [1.807, 2.05) is 32.0 Å². The summed E-state index contributed by atoms with van der Waals surface area (Å²) in [6.45, 7) is 6.41. The molecule has 1 rings (SSSR count). The second-order valence-corrected chi connectivity index (χ2v) is 8.58. The number of aryl methyl sites for hydroxylation is 1. The van der Waals surface area contributed by atoms with Crippen LogP contribution >= 0.6 is 7.28 Å². The molecule has 0 bridgehead atoms. The SMILES string of the molecule is CCCCOP(O)(O)(CCCC)c1ccccc1C. The summed E-state index contributed by atoms with van der Waals surface area (Å²) < 4.78 is 5.67. The van der Waals surface area contributed by atoms with Crippen LogP contribution in [0.4, 0.5) is 0 Å². The van der Waals surface area contributed by atoms with Crippen LogP contribution in [0.1, 0.15) is 45.1 Å². The fraction of sp³-hybridized carbons (Fsp3) is 0.600. The van der Waals surface area contributed by atoms with Crippen molar-refractivity contribution >= 4 is 12.6 Å². The maximum atomic E-state index is 11.0. The van der Waals surface area contributed by atoms with Crippen LogP contribution in [-0.2, 0) is 4.52 Å². The molecule has 0 fully saturated rings. The molecule has 0 spiro atoms. The van der Waals surface area contributed by atoms with E-state index in [0.29, 0.717) is 18.1 Å². The van der Waals surface area contributed by atoms with Gasteiger partial charge in [-0.05, 0) is 0 Å². The second-order valence-electron chi connectivity index (χ2n) is 5.16. The van der Waals surface area contributed by atoms with Crippen LogP contribution < -0.4 is 5.30 Å². The van der Waals surface area contributed by atoms with Gasteiger partial charge in [-0.2, -0.15) is 0 Å². The van der Waals surface area contributed by atoms with E-state index in [4.69, 9.17) is 4.52 Å². The van der Waals surface area contributed by atoms with E-state index in [1.54, 1.807) is 6.07 Å². The van der Waals surface area contributed by atoms with Gasteiger partial charge in [0, 0.05) is 0 Å². The van der Waals surface area contributed by atoms with Crippen molar-refractivity contribution in [1.82, 2.24) is 0 Å². The number of unbranched alkanes of at least 4 members (excludes halogenated alkanes) is 2. The van der Waals surface area contributed by atoms with Gasteiger partial charge in [-0.25, -0.2) is 0 Å². The Bertz CT molecular complexity index is 404. The number of rotatable bonds is 8. The van der Waals surface area contributed by atoms with Crippen molar-refractivity contribution in [3.8, 4) is 0 Å². The molecule has 0 radical (unpaired) electrons. The quantitative estimate of drug-likeness (QED) is 0.568. The first kappa shape index (κ1) is 16.6. The van der Waals surface area contributed by atoms with Gasteiger partial charge >= 0.3 is 116 Å². The van der Waals surface area contributed by atoms with Gasteiger partial charge in [-0.15, -0.1) is 0 Å². The molecule has 0 aromatic heterocycles. The first-order valence-electron chi connectivity index (χ1n) is 7.15. The topological polar surface area (TPSA) is 49.7 Å². The monoisotopic (exact) mass is 286 g/mol. The van der Waals surface area contributed by atoms with E-state index in [9.17, 15) is 9.79 Å². The molecule has 0 aliphatic carbocycles. The minimum absolute atomic E-state index is 0.316. The van der Waals surface area contributed by atoms with Gasteiger partial charge in [-0.1, -0.05) is 0 Å². The van der Waals surface area contributed by atoms with E-state index < -0.39 is 7.28 Å². The fourth-order valence-corrected chi connectivity index (χ4v) is 5.24. The van der Waals surface area contributed by atoms with E-state index in [-0.39, 0.29) is 0 Å². The summed E-state index contributed by atoms with van der Waals surface area (Å²) in [5, 5.41) is 0.582. The Hall–Kier alpha value is -0.470. The third kappa shape index (κ3) is 4.25. The summed E-state index contributed by atoms with van der Waals surface area (Å²) in [6, 6.07) is 7.43. The van der Waals surface area contributed by atoms with Gasteiger partial charge in [0.25, 0.3) is 0 Å². The van der Waals surface area contributed by atoms with Gasteiger partial charge in [0.2, 0.25) is 0 Å². The third-order valence-electron chi connectivity index (χ3n) is 3.37. The molecule has 1 aromatic rings. The Morgan fingerprint density at radius 2 is 1.68 bits per heavy atom. The molecule has 0 aliphatic heterocycles. The first-order chi connectivity index (χ1) is 8.93. The van der Waals surface area contributed by atoms with Gasteiger partial charge in [0.05, 0.1) is 0 Å². The van der Waals surface area contributed by atoms with Crippen molar-refractivity contribution in [2.24, 2.45) is 0 Å². The van der Waals surface area contributed by atoms with Crippen LogP contribution in [0.15, 0.2) is 24.3 Å². The Balaban J connectivity index is 3.07. The Morgan fingerprint density at radius 3 is 2.26 bits per heavy atom. The van der Waals surface area contributed by atoms with E-state index in [1.165, 1.54) is 0 Å². The second kappa shape index (κ2) is 6.81. The Kier molecular flexibility index (Phi) is 5.94. The Morgan fingerprint density at radius 1 is 1.05 bits per heavy atom. The maximum absolute atomic E-state index is 11.0. The summed E-state index contributed by atoms with van der Waals surface area (Å²) in [6.07, 6.45) is 3.81. The molecule has 2 N–H and O–H groups in total. The molecule has 0 unspecified atom stereocenters.